The summed E-state index contributed by atoms with van der Waals surface area (Å²) >= 11 is 6.63. The van der Waals surface area contributed by atoms with Crippen molar-refractivity contribution in [3.63, 3.8) is 0 Å². The van der Waals surface area contributed by atoms with Gasteiger partial charge in [0.05, 0.1) is 4.90 Å². The fourth-order valence-electron chi connectivity index (χ4n) is 1.53. The van der Waals surface area contributed by atoms with Crippen LogP contribution in [0.5, 0.6) is 0 Å². The molecule has 0 radical (unpaired) electrons. The number of hydrogen-bond acceptors (Lipinski definition) is 2. The Morgan fingerprint density at radius 1 is 1.37 bits per heavy atom. The molecule has 19 heavy (non-hydrogen) atoms. The second-order valence-electron chi connectivity index (χ2n) is 4.17. The lowest BCUT2D eigenvalue weighted by Gasteiger charge is -2.16. The molecule has 0 bridgehead atoms. The number of aryl methyl sites for hydroxylation is 1. The molecule has 104 valence electrons. The van der Waals surface area contributed by atoms with Crippen molar-refractivity contribution < 1.29 is 8.42 Å². The van der Waals surface area contributed by atoms with Crippen LogP contribution >= 0.6 is 31.9 Å². The third-order valence-corrected chi connectivity index (χ3v) is 6.01. The van der Waals surface area contributed by atoms with Crippen LogP contribution in [-0.4, -0.2) is 14.5 Å². The Labute approximate surface area is 131 Å². The summed E-state index contributed by atoms with van der Waals surface area (Å²) in [6.45, 7) is 3.79. The molecule has 1 N–H and O–H groups in total. The largest absolute Gasteiger partial charge is 0.242 e. The van der Waals surface area contributed by atoms with E-state index in [1.165, 1.54) is 0 Å². The van der Waals surface area contributed by atoms with Gasteiger partial charge in [0, 0.05) is 21.4 Å². The minimum atomic E-state index is -3.59. The minimum absolute atomic E-state index is 0.209. The summed E-state index contributed by atoms with van der Waals surface area (Å²) in [6, 6.07) is 3.10. The van der Waals surface area contributed by atoms with E-state index in [1.807, 2.05) is 13.8 Å². The summed E-state index contributed by atoms with van der Waals surface area (Å²) < 4.78 is 28.6. The molecule has 1 aromatic rings. The van der Waals surface area contributed by atoms with Gasteiger partial charge in [0.1, 0.15) is 0 Å². The molecule has 1 rings (SSSR count). The maximum atomic E-state index is 12.3. The molecule has 0 saturated heterocycles. The first-order chi connectivity index (χ1) is 8.81. The zero-order valence-electron chi connectivity index (χ0n) is 10.7. The van der Waals surface area contributed by atoms with Crippen molar-refractivity contribution in [3.05, 3.63) is 26.6 Å². The maximum Gasteiger partial charge on any atom is 0.242 e. The van der Waals surface area contributed by atoms with Crippen molar-refractivity contribution in [2.24, 2.45) is 0 Å². The molecule has 0 aromatic heterocycles. The van der Waals surface area contributed by atoms with Gasteiger partial charge in [-0.2, -0.15) is 0 Å². The SMILES string of the molecule is C#CCC(CC)NS(=O)(=O)c1cc(Br)c(C)cc1Br. The summed E-state index contributed by atoms with van der Waals surface area (Å²) in [6.07, 6.45) is 6.26. The quantitative estimate of drug-likeness (QED) is 0.756. The monoisotopic (exact) mass is 407 g/mol. The molecule has 1 unspecified atom stereocenters. The van der Waals surface area contributed by atoms with Crippen molar-refractivity contribution in [1.82, 2.24) is 4.72 Å². The molecule has 0 aliphatic heterocycles. The van der Waals surface area contributed by atoms with Crippen molar-refractivity contribution >= 4 is 41.9 Å². The van der Waals surface area contributed by atoms with Crippen LogP contribution < -0.4 is 4.72 Å². The Kier molecular flexibility index (Phi) is 6.06. The number of rotatable bonds is 5. The average molecular weight is 409 g/mol. The van der Waals surface area contributed by atoms with E-state index in [0.29, 0.717) is 17.3 Å². The second-order valence-corrected chi connectivity index (χ2v) is 7.56. The molecule has 6 heteroatoms. The first-order valence-corrected chi connectivity index (χ1v) is 8.80. The molecular formula is C13H15Br2NO2S. The molecule has 1 aromatic carbocycles. The molecule has 3 nitrogen and oxygen atoms in total. The third-order valence-electron chi connectivity index (χ3n) is 2.68. The van der Waals surface area contributed by atoms with Crippen molar-refractivity contribution in [2.75, 3.05) is 0 Å². The van der Waals surface area contributed by atoms with Gasteiger partial charge in [0.15, 0.2) is 0 Å². The molecule has 0 spiro atoms. The molecule has 0 aliphatic carbocycles. The van der Waals surface area contributed by atoms with Gasteiger partial charge < -0.3 is 0 Å². The summed E-state index contributed by atoms with van der Waals surface area (Å²) in [5.41, 5.74) is 0.960. The smallest absolute Gasteiger partial charge is 0.207 e. The Bertz CT molecular complexity index is 606. The first-order valence-electron chi connectivity index (χ1n) is 5.73. The highest BCUT2D eigenvalue weighted by Crippen LogP contribution is 2.29. The van der Waals surface area contributed by atoms with E-state index in [1.54, 1.807) is 12.1 Å². The normalized spacial score (nSPS) is 13.0. The van der Waals surface area contributed by atoms with Crippen LogP contribution in [0.25, 0.3) is 0 Å². The lowest BCUT2D eigenvalue weighted by atomic mass is 10.2. The van der Waals surface area contributed by atoms with Gasteiger partial charge in [-0.05, 0) is 47.0 Å². The highest BCUT2D eigenvalue weighted by molar-refractivity contribution is 9.11. The zero-order valence-corrected chi connectivity index (χ0v) is 14.7. The third kappa shape index (κ3) is 4.32. The van der Waals surface area contributed by atoms with Gasteiger partial charge in [-0.3, -0.25) is 0 Å². The van der Waals surface area contributed by atoms with Crippen molar-refractivity contribution in [2.45, 2.75) is 37.6 Å². The molecule has 0 aliphatic rings. The topological polar surface area (TPSA) is 46.2 Å². The lowest BCUT2D eigenvalue weighted by Crippen LogP contribution is -2.34. The molecule has 1 atom stereocenters. The minimum Gasteiger partial charge on any atom is -0.207 e. The molecule has 0 heterocycles. The van der Waals surface area contributed by atoms with E-state index >= 15 is 0 Å². The number of sulfonamides is 1. The Balaban J connectivity index is 3.14. The van der Waals surface area contributed by atoms with E-state index in [-0.39, 0.29) is 10.9 Å². The van der Waals surface area contributed by atoms with Crippen LogP contribution in [0.3, 0.4) is 0 Å². The summed E-state index contributed by atoms with van der Waals surface area (Å²) in [5.74, 6) is 2.48. The maximum absolute atomic E-state index is 12.3. The summed E-state index contributed by atoms with van der Waals surface area (Å²) in [7, 11) is -3.59. The van der Waals surface area contributed by atoms with Crippen LogP contribution in [0.4, 0.5) is 0 Å². The van der Waals surface area contributed by atoms with Gasteiger partial charge in [0.2, 0.25) is 10.0 Å². The first kappa shape index (κ1) is 16.7. The second kappa shape index (κ2) is 6.89. The average Bonchev–Trinajstić information content (AvgIpc) is 2.32. The van der Waals surface area contributed by atoms with Crippen molar-refractivity contribution in [3.8, 4) is 12.3 Å². The van der Waals surface area contributed by atoms with Gasteiger partial charge >= 0.3 is 0 Å². The fraction of sp³-hybridized carbons (Fsp3) is 0.385. The Morgan fingerprint density at radius 3 is 2.53 bits per heavy atom. The number of halogens is 2. The van der Waals surface area contributed by atoms with Crippen LogP contribution in [0.1, 0.15) is 25.3 Å². The number of benzene rings is 1. The number of nitrogens with one attached hydrogen (secondary N) is 1. The standard InChI is InChI=1S/C13H15Br2NO2S/c1-4-6-10(5-2)16-19(17,18)13-8-11(14)9(3)7-12(13)15/h1,7-8,10,16H,5-6H2,2-3H3. The zero-order chi connectivity index (χ0) is 14.6. The summed E-state index contributed by atoms with van der Waals surface area (Å²) in [4.78, 5) is 0.209. The van der Waals surface area contributed by atoms with E-state index in [0.717, 1.165) is 10.0 Å². The van der Waals surface area contributed by atoms with E-state index in [4.69, 9.17) is 6.42 Å². The highest BCUT2D eigenvalue weighted by Gasteiger charge is 2.22. The van der Waals surface area contributed by atoms with Crippen LogP contribution in [0, 0.1) is 19.3 Å². The van der Waals surface area contributed by atoms with Crippen LogP contribution in [-0.2, 0) is 10.0 Å². The van der Waals surface area contributed by atoms with Crippen molar-refractivity contribution in [1.29, 1.82) is 0 Å². The van der Waals surface area contributed by atoms with Crippen LogP contribution in [0.15, 0.2) is 26.0 Å². The predicted octanol–water partition coefficient (Wildman–Crippen LogP) is 3.60. The number of hydrogen-bond donors (Lipinski definition) is 1. The summed E-state index contributed by atoms with van der Waals surface area (Å²) in [5, 5.41) is 0. The lowest BCUT2D eigenvalue weighted by molar-refractivity contribution is 0.543. The van der Waals surface area contributed by atoms with Gasteiger partial charge in [-0.15, -0.1) is 12.3 Å². The Hall–Kier alpha value is -0.350. The fourth-order valence-corrected chi connectivity index (χ4v) is 4.52. The number of terminal acetylenes is 1. The van der Waals surface area contributed by atoms with Gasteiger partial charge in [0.25, 0.3) is 0 Å². The van der Waals surface area contributed by atoms with E-state index in [2.05, 4.69) is 42.5 Å². The van der Waals surface area contributed by atoms with E-state index < -0.39 is 10.0 Å². The molecule has 0 amide bonds. The highest BCUT2D eigenvalue weighted by atomic mass is 79.9. The van der Waals surface area contributed by atoms with Gasteiger partial charge in [-0.25, -0.2) is 13.1 Å². The Morgan fingerprint density at radius 2 is 2.00 bits per heavy atom. The van der Waals surface area contributed by atoms with E-state index in [9.17, 15) is 8.42 Å². The molecule has 0 saturated carbocycles. The van der Waals surface area contributed by atoms with Gasteiger partial charge in [-0.1, -0.05) is 22.9 Å². The molecular weight excluding hydrogens is 394 g/mol. The van der Waals surface area contributed by atoms with Crippen LogP contribution in [0.2, 0.25) is 0 Å². The molecule has 0 fully saturated rings. The predicted molar refractivity (Wildman–Crippen MR) is 84.4 cm³/mol.